The van der Waals surface area contributed by atoms with Crippen LogP contribution < -0.4 is 5.32 Å². The molecular weight excluding hydrogens is 312 g/mol. The van der Waals surface area contributed by atoms with Gasteiger partial charge in [-0.1, -0.05) is 24.6 Å². The van der Waals surface area contributed by atoms with Gasteiger partial charge in [-0.15, -0.1) is 0 Å². The zero-order valence-corrected chi connectivity index (χ0v) is 15.9. The van der Waals surface area contributed by atoms with Crippen LogP contribution in [0.5, 0.6) is 0 Å². The van der Waals surface area contributed by atoms with Crippen molar-refractivity contribution < 1.29 is 9.59 Å². The molecule has 2 amide bonds. The van der Waals surface area contributed by atoms with Gasteiger partial charge in [-0.2, -0.15) is 0 Å². The molecule has 1 saturated carbocycles. The SMILES string of the molecule is CCC1CCCCN1C(=O)C1CC1C(=O)Nc1c(C)cc(C)cc1C. The van der Waals surface area contributed by atoms with Crippen LogP contribution in [0.1, 0.15) is 55.7 Å². The molecule has 1 aromatic rings. The molecule has 2 aliphatic rings. The highest BCUT2D eigenvalue weighted by Crippen LogP contribution is 2.42. The van der Waals surface area contributed by atoms with Crippen molar-refractivity contribution in [1.82, 2.24) is 4.90 Å². The summed E-state index contributed by atoms with van der Waals surface area (Å²) < 4.78 is 0. The minimum Gasteiger partial charge on any atom is -0.339 e. The molecule has 25 heavy (non-hydrogen) atoms. The van der Waals surface area contributed by atoms with Crippen LogP contribution in [0.15, 0.2) is 12.1 Å². The number of likely N-dealkylation sites (tertiary alicyclic amines) is 1. The quantitative estimate of drug-likeness (QED) is 0.900. The van der Waals surface area contributed by atoms with Gasteiger partial charge >= 0.3 is 0 Å². The molecule has 1 saturated heterocycles. The van der Waals surface area contributed by atoms with Crippen LogP contribution in [0.25, 0.3) is 0 Å². The van der Waals surface area contributed by atoms with E-state index in [0.717, 1.165) is 42.6 Å². The number of aryl methyl sites for hydroxylation is 3. The van der Waals surface area contributed by atoms with Gasteiger partial charge in [-0.3, -0.25) is 9.59 Å². The summed E-state index contributed by atoms with van der Waals surface area (Å²) in [5, 5.41) is 3.07. The van der Waals surface area contributed by atoms with Crippen molar-refractivity contribution in [3.8, 4) is 0 Å². The number of hydrogen-bond acceptors (Lipinski definition) is 2. The maximum Gasteiger partial charge on any atom is 0.228 e. The first-order chi connectivity index (χ1) is 11.9. The molecule has 4 heteroatoms. The highest BCUT2D eigenvalue weighted by molar-refractivity contribution is 6.00. The zero-order valence-electron chi connectivity index (χ0n) is 15.9. The van der Waals surface area contributed by atoms with Gasteiger partial charge in [-0.25, -0.2) is 0 Å². The van der Waals surface area contributed by atoms with Gasteiger partial charge < -0.3 is 10.2 Å². The summed E-state index contributed by atoms with van der Waals surface area (Å²) in [6, 6.07) is 4.53. The zero-order chi connectivity index (χ0) is 18.1. The molecule has 0 radical (unpaired) electrons. The third-order valence-corrected chi connectivity index (χ3v) is 5.75. The Hall–Kier alpha value is -1.84. The Morgan fingerprint density at radius 1 is 1.12 bits per heavy atom. The lowest BCUT2D eigenvalue weighted by Gasteiger charge is -2.35. The van der Waals surface area contributed by atoms with Crippen LogP contribution in [0.2, 0.25) is 0 Å². The number of nitrogens with one attached hydrogen (secondary N) is 1. The maximum atomic E-state index is 12.8. The van der Waals surface area contributed by atoms with Crippen LogP contribution in [0.3, 0.4) is 0 Å². The minimum absolute atomic E-state index is 0.00143. The number of benzene rings is 1. The van der Waals surface area contributed by atoms with Gasteiger partial charge in [-0.05, 0) is 64.0 Å². The van der Waals surface area contributed by atoms with Crippen molar-refractivity contribution in [1.29, 1.82) is 0 Å². The molecule has 1 aliphatic heterocycles. The Balaban J connectivity index is 1.63. The molecule has 1 N–H and O–H groups in total. The number of rotatable bonds is 4. The summed E-state index contributed by atoms with van der Waals surface area (Å²) in [6.45, 7) is 9.11. The topological polar surface area (TPSA) is 49.4 Å². The van der Waals surface area contributed by atoms with Crippen molar-refractivity contribution in [2.45, 2.75) is 65.8 Å². The first-order valence-electron chi connectivity index (χ1n) is 9.61. The molecule has 0 bridgehead atoms. The molecule has 0 spiro atoms. The summed E-state index contributed by atoms with van der Waals surface area (Å²) >= 11 is 0. The number of nitrogens with zero attached hydrogens (tertiary/aromatic N) is 1. The number of carbonyl (C=O) groups is 2. The number of amides is 2. The Labute approximate surface area is 151 Å². The van der Waals surface area contributed by atoms with Crippen LogP contribution in [-0.2, 0) is 9.59 Å². The van der Waals surface area contributed by atoms with E-state index in [4.69, 9.17) is 0 Å². The summed E-state index contributed by atoms with van der Waals surface area (Å²) in [7, 11) is 0. The summed E-state index contributed by atoms with van der Waals surface area (Å²) in [4.78, 5) is 27.5. The normalized spacial score (nSPS) is 25.6. The van der Waals surface area contributed by atoms with E-state index in [1.165, 1.54) is 12.0 Å². The molecule has 1 aromatic carbocycles. The first kappa shape index (κ1) is 18.0. The van der Waals surface area contributed by atoms with Gasteiger partial charge in [0.2, 0.25) is 11.8 Å². The van der Waals surface area contributed by atoms with Crippen molar-refractivity contribution in [3.05, 3.63) is 28.8 Å². The molecule has 2 fully saturated rings. The molecule has 0 aromatic heterocycles. The second-order valence-corrected chi connectivity index (χ2v) is 7.80. The molecule has 3 unspecified atom stereocenters. The highest BCUT2D eigenvalue weighted by Gasteiger charge is 2.50. The largest absolute Gasteiger partial charge is 0.339 e. The van der Waals surface area contributed by atoms with E-state index < -0.39 is 0 Å². The van der Waals surface area contributed by atoms with E-state index in [1.807, 2.05) is 18.7 Å². The molecule has 136 valence electrons. The number of anilines is 1. The second-order valence-electron chi connectivity index (χ2n) is 7.80. The lowest BCUT2D eigenvalue weighted by atomic mass is 9.99. The van der Waals surface area contributed by atoms with Crippen molar-refractivity contribution in [2.24, 2.45) is 11.8 Å². The van der Waals surface area contributed by atoms with Crippen LogP contribution >= 0.6 is 0 Å². The van der Waals surface area contributed by atoms with Crippen LogP contribution in [-0.4, -0.2) is 29.3 Å². The standard InChI is InChI=1S/C21H30N2O2/c1-5-16-8-6-7-9-23(16)21(25)18-12-17(18)20(24)22-19-14(3)10-13(2)11-15(19)4/h10-11,16-18H,5-9,12H2,1-4H3,(H,22,24). The number of carbonyl (C=O) groups excluding carboxylic acids is 2. The summed E-state index contributed by atoms with van der Waals surface area (Å²) in [5.41, 5.74) is 4.26. The van der Waals surface area contributed by atoms with Gasteiger partial charge in [0.05, 0.1) is 11.8 Å². The number of piperidine rings is 1. The second kappa shape index (κ2) is 7.19. The monoisotopic (exact) mass is 342 g/mol. The predicted molar refractivity (Wildman–Crippen MR) is 101 cm³/mol. The molecule has 3 rings (SSSR count). The molecule has 3 atom stereocenters. The fourth-order valence-electron chi connectivity index (χ4n) is 4.28. The van der Waals surface area contributed by atoms with Gasteiger partial charge in [0.25, 0.3) is 0 Å². The fourth-order valence-corrected chi connectivity index (χ4v) is 4.28. The minimum atomic E-state index is -0.160. The van der Waals surface area contributed by atoms with Gasteiger partial charge in [0.15, 0.2) is 0 Å². The Morgan fingerprint density at radius 2 is 1.80 bits per heavy atom. The average molecular weight is 342 g/mol. The summed E-state index contributed by atoms with van der Waals surface area (Å²) in [6.07, 6.45) is 5.11. The lowest BCUT2D eigenvalue weighted by Crippen LogP contribution is -2.44. The van der Waals surface area contributed by atoms with Crippen molar-refractivity contribution in [2.75, 3.05) is 11.9 Å². The van der Waals surface area contributed by atoms with E-state index in [0.29, 0.717) is 12.5 Å². The highest BCUT2D eigenvalue weighted by atomic mass is 16.2. The van der Waals surface area contributed by atoms with Crippen LogP contribution in [0, 0.1) is 32.6 Å². The third-order valence-electron chi connectivity index (χ3n) is 5.75. The van der Waals surface area contributed by atoms with Crippen LogP contribution in [0.4, 0.5) is 5.69 Å². The molecule has 4 nitrogen and oxygen atoms in total. The van der Waals surface area contributed by atoms with Gasteiger partial charge in [0.1, 0.15) is 0 Å². The average Bonchev–Trinajstić information content (AvgIpc) is 3.38. The first-order valence-corrected chi connectivity index (χ1v) is 9.61. The van der Waals surface area contributed by atoms with E-state index in [-0.39, 0.29) is 23.7 Å². The summed E-state index contributed by atoms with van der Waals surface area (Å²) in [5.74, 6) is -0.0762. The predicted octanol–water partition coefficient (Wildman–Crippen LogP) is 3.98. The lowest BCUT2D eigenvalue weighted by molar-refractivity contribution is -0.137. The van der Waals surface area contributed by atoms with E-state index in [9.17, 15) is 9.59 Å². The number of hydrogen-bond donors (Lipinski definition) is 1. The maximum absolute atomic E-state index is 12.8. The Bertz CT molecular complexity index is 659. The van der Waals surface area contributed by atoms with E-state index in [2.05, 4.69) is 31.3 Å². The van der Waals surface area contributed by atoms with E-state index >= 15 is 0 Å². The van der Waals surface area contributed by atoms with Gasteiger partial charge in [0, 0.05) is 18.3 Å². The Kier molecular flexibility index (Phi) is 5.16. The smallest absolute Gasteiger partial charge is 0.228 e. The third kappa shape index (κ3) is 3.73. The fraction of sp³-hybridized carbons (Fsp3) is 0.619. The van der Waals surface area contributed by atoms with Crippen molar-refractivity contribution in [3.63, 3.8) is 0 Å². The molecule has 1 aliphatic carbocycles. The molecule has 1 heterocycles. The van der Waals surface area contributed by atoms with Crippen molar-refractivity contribution >= 4 is 17.5 Å². The Morgan fingerprint density at radius 3 is 2.44 bits per heavy atom. The van der Waals surface area contributed by atoms with E-state index in [1.54, 1.807) is 0 Å². The molecular formula is C21H30N2O2.